The standard InChI is InChI=1S/C26H33N5O2/c1-15(27)14-33-18-7-8-23-20(11-18)22-12-21-19(17(3)25(22)31(23)6)9-10-28-24(21)26(32)29-16(2)13-30(4)5/h7-12,15-16H,13-14,27H2,1-6H3,(H,29,32)/t15-,16+/m0/s1. The van der Waals surface area contributed by atoms with Gasteiger partial charge in [0.15, 0.2) is 0 Å². The first kappa shape index (κ1) is 23.0. The zero-order valence-corrected chi connectivity index (χ0v) is 20.3. The van der Waals surface area contributed by atoms with Gasteiger partial charge in [-0.05, 0) is 76.1 Å². The lowest BCUT2D eigenvalue weighted by atomic mass is 10.00. The largest absolute Gasteiger partial charge is 0.492 e. The molecule has 2 heterocycles. The van der Waals surface area contributed by atoms with Gasteiger partial charge in [0.2, 0.25) is 0 Å². The maximum atomic E-state index is 13.1. The fraction of sp³-hybridized carbons (Fsp3) is 0.385. The zero-order valence-electron chi connectivity index (χ0n) is 20.3. The molecule has 7 heteroatoms. The number of hydrogen-bond donors (Lipinski definition) is 2. The second-order valence-corrected chi connectivity index (χ2v) is 9.32. The molecule has 0 radical (unpaired) electrons. The quantitative estimate of drug-likeness (QED) is 0.452. The summed E-state index contributed by atoms with van der Waals surface area (Å²) in [6.45, 7) is 7.24. The molecule has 0 spiro atoms. The Bertz CT molecular complexity index is 1340. The number of hydrogen-bond acceptors (Lipinski definition) is 5. The third-order valence-corrected chi connectivity index (χ3v) is 5.99. The molecule has 0 bridgehead atoms. The van der Waals surface area contributed by atoms with Crippen LogP contribution in [0.4, 0.5) is 0 Å². The van der Waals surface area contributed by atoms with E-state index < -0.39 is 0 Å². The van der Waals surface area contributed by atoms with Gasteiger partial charge in [-0.15, -0.1) is 0 Å². The molecule has 0 fully saturated rings. The smallest absolute Gasteiger partial charge is 0.270 e. The van der Waals surface area contributed by atoms with Crippen molar-refractivity contribution in [1.29, 1.82) is 0 Å². The van der Waals surface area contributed by atoms with Crippen LogP contribution in [0.5, 0.6) is 5.75 Å². The summed E-state index contributed by atoms with van der Waals surface area (Å²) in [5, 5.41) is 7.12. The Morgan fingerprint density at radius 2 is 1.91 bits per heavy atom. The summed E-state index contributed by atoms with van der Waals surface area (Å²) >= 11 is 0. The van der Waals surface area contributed by atoms with E-state index in [4.69, 9.17) is 10.5 Å². The molecule has 0 aliphatic carbocycles. The van der Waals surface area contributed by atoms with Gasteiger partial charge in [-0.1, -0.05) is 0 Å². The lowest BCUT2D eigenvalue weighted by Crippen LogP contribution is -2.39. The van der Waals surface area contributed by atoms with Crippen LogP contribution in [0.15, 0.2) is 36.5 Å². The highest BCUT2D eigenvalue weighted by molar-refractivity contribution is 6.17. The highest BCUT2D eigenvalue weighted by Gasteiger charge is 2.19. The topological polar surface area (TPSA) is 85.4 Å². The van der Waals surface area contributed by atoms with E-state index in [1.807, 2.05) is 40.1 Å². The van der Waals surface area contributed by atoms with Crippen LogP contribution in [0, 0.1) is 6.92 Å². The fourth-order valence-corrected chi connectivity index (χ4v) is 4.65. The maximum absolute atomic E-state index is 13.1. The maximum Gasteiger partial charge on any atom is 0.270 e. The van der Waals surface area contributed by atoms with Crippen molar-refractivity contribution in [3.63, 3.8) is 0 Å². The molecule has 1 amide bonds. The molecule has 0 unspecified atom stereocenters. The number of benzene rings is 2. The Morgan fingerprint density at radius 1 is 1.15 bits per heavy atom. The van der Waals surface area contributed by atoms with Crippen LogP contribution in [0.2, 0.25) is 0 Å². The number of nitrogens with two attached hydrogens (primary N) is 1. The van der Waals surface area contributed by atoms with E-state index in [1.165, 1.54) is 0 Å². The Morgan fingerprint density at radius 3 is 2.61 bits per heavy atom. The molecule has 7 nitrogen and oxygen atoms in total. The molecule has 0 aliphatic rings. The van der Waals surface area contributed by atoms with Gasteiger partial charge in [0.25, 0.3) is 5.91 Å². The minimum absolute atomic E-state index is 0.0107. The van der Waals surface area contributed by atoms with E-state index in [0.717, 1.165) is 50.4 Å². The van der Waals surface area contributed by atoms with Crippen molar-refractivity contribution in [3.05, 3.63) is 47.8 Å². The van der Waals surface area contributed by atoms with Crippen molar-refractivity contribution in [3.8, 4) is 5.75 Å². The first-order valence-corrected chi connectivity index (χ1v) is 11.3. The van der Waals surface area contributed by atoms with Gasteiger partial charge >= 0.3 is 0 Å². The van der Waals surface area contributed by atoms with Crippen LogP contribution in [0.1, 0.15) is 29.9 Å². The van der Waals surface area contributed by atoms with Crippen LogP contribution in [-0.2, 0) is 7.05 Å². The van der Waals surface area contributed by atoms with Gasteiger partial charge in [0.1, 0.15) is 18.1 Å². The normalized spacial score (nSPS) is 13.7. The molecule has 4 aromatic rings. The molecular weight excluding hydrogens is 414 g/mol. The van der Waals surface area contributed by atoms with Crippen molar-refractivity contribution in [2.45, 2.75) is 32.9 Å². The molecule has 0 saturated heterocycles. The molecule has 2 aromatic carbocycles. The van der Waals surface area contributed by atoms with E-state index in [1.54, 1.807) is 6.20 Å². The third-order valence-electron chi connectivity index (χ3n) is 5.99. The Labute approximate surface area is 194 Å². The number of amides is 1. The molecular formula is C26H33N5O2. The lowest BCUT2D eigenvalue weighted by Gasteiger charge is -2.18. The summed E-state index contributed by atoms with van der Waals surface area (Å²) in [6, 6.07) is 10.2. The van der Waals surface area contributed by atoms with Gasteiger partial charge in [0, 0.05) is 53.5 Å². The van der Waals surface area contributed by atoms with Gasteiger partial charge in [-0.2, -0.15) is 0 Å². The number of nitrogens with one attached hydrogen (secondary N) is 1. The SMILES string of the molecule is Cc1c2ccnc(C(=O)N[C@H](C)CN(C)C)c2cc2c3cc(OC[C@H](C)N)ccc3n(C)c12. The second-order valence-electron chi connectivity index (χ2n) is 9.32. The summed E-state index contributed by atoms with van der Waals surface area (Å²) in [6.07, 6.45) is 1.72. The van der Waals surface area contributed by atoms with Crippen molar-refractivity contribution >= 4 is 38.5 Å². The highest BCUT2D eigenvalue weighted by Crippen LogP contribution is 2.37. The van der Waals surface area contributed by atoms with Crippen LogP contribution >= 0.6 is 0 Å². The number of carbonyl (C=O) groups excluding carboxylic acids is 1. The predicted molar refractivity (Wildman–Crippen MR) is 135 cm³/mol. The Kier molecular flexibility index (Phi) is 6.28. The summed E-state index contributed by atoms with van der Waals surface area (Å²) in [5.41, 5.74) is 9.68. The summed E-state index contributed by atoms with van der Waals surface area (Å²) in [4.78, 5) is 19.7. The molecule has 174 valence electrons. The lowest BCUT2D eigenvalue weighted by molar-refractivity contribution is 0.0931. The number of fused-ring (bicyclic) bond motifs is 4. The minimum atomic E-state index is -0.158. The monoisotopic (exact) mass is 447 g/mol. The summed E-state index contributed by atoms with van der Waals surface area (Å²) in [5.74, 6) is 0.626. The van der Waals surface area contributed by atoms with E-state index in [9.17, 15) is 4.79 Å². The molecule has 0 aliphatic heterocycles. The second kappa shape index (κ2) is 9.00. The van der Waals surface area contributed by atoms with Crippen molar-refractivity contribution < 1.29 is 9.53 Å². The summed E-state index contributed by atoms with van der Waals surface area (Å²) in [7, 11) is 6.06. The van der Waals surface area contributed by atoms with Gasteiger partial charge in [-0.3, -0.25) is 9.78 Å². The Balaban J connectivity index is 1.87. The van der Waals surface area contributed by atoms with E-state index in [-0.39, 0.29) is 18.0 Å². The van der Waals surface area contributed by atoms with Crippen LogP contribution < -0.4 is 15.8 Å². The average molecular weight is 448 g/mol. The van der Waals surface area contributed by atoms with Crippen LogP contribution in [-0.4, -0.2) is 59.7 Å². The number of carbonyl (C=O) groups is 1. The molecule has 2 aromatic heterocycles. The van der Waals surface area contributed by atoms with E-state index >= 15 is 0 Å². The zero-order chi connectivity index (χ0) is 23.9. The van der Waals surface area contributed by atoms with Gasteiger partial charge in [-0.25, -0.2) is 0 Å². The fourth-order valence-electron chi connectivity index (χ4n) is 4.65. The van der Waals surface area contributed by atoms with Crippen molar-refractivity contribution in [1.82, 2.24) is 19.8 Å². The van der Waals surface area contributed by atoms with E-state index in [0.29, 0.717) is 12.3 Å². The third kappa shape index (κ3) is 4.38. The number of pyridine rings is 1. The highest BCUT2D eigenvalue weighted by atomic mass is 16.5. The molecule has 4 rings (SSSR count). The number of aryl methyl sites for hydroxylation is 2. The number of likely N-dealkylation sites (N-methyl/N-ethyl adjacent to an activating group) is 1. The first-order chi connectivity index (χ1) is 15.7. The molecule has 0 saturated carbocycles. The van der Waals surface area contributed by atoms with Crippen LogP contribution in [0.3, 0.4) is 0 Å². The minimum Gasteiger partial charge on any atom is -0.492 e. The van der Waals surface area contributed by atoms with Crippen LogP contribution in [0.25, 0.3) is 32.6 Å². The molecule has 3 N–H and O–H groups in total. The average Bonchev–Trinajstić information content (AvgIpc) is 3.03. The molecule has 33 heavy (non-hydrogen) atoms. The van der Waals surface area contributed by atoms with Gasteiger partial charge < -0.3 is 25.3 Å². The number of rotatable bonds is 7. The van der Waals surface area contributed by atoms with Crippen molar-refractivity contribution in [2.75, 3.05) is 27.2 Å². The van der Waals surface area contributed by atoms with Gasteiger partial charge in [0.05, 0.1) is 5.52 Å². The summed E-state index contributed by atoms with van der Waals surface area (Å²) < 4.78 is 8.08. The number of ether oxygens (including phenoxy) is 1. The van der Waals surface area contributed by atoms with E-state index in [2.05, 4.69) is 51.9 Å². The first-order valence-electron chi connectivity index (χ1n) is 11.3. The Hall–Kier alpha value is -3.16. The number of nitrogens with zero attached hydrogens (tertiary/aromatic N) is 3. The molecule has 2 atom stereocenters. The number of aromatic nitrogens is 2. The van der Waals surface area contributed by atoms with Crippen molar-refractivity contribution in [2.24, 2.45) is 12.8 Å². The predicted octanol–water partition coefficient (Wildman–Crippen LogP) is 3.59.